The number of halogens is 2. The van der Waals surface area contributed by atoms with Crippen LogP contribution in [0.3, 0.4) is 0 Å². The van der Waals surface area contributed by atoms with E-state index in [0.717, 1.165) is 37.4 Å². The maximum Gasteiger partial charge on any atom is 0.135 e. The quantitative estimate of drug-likeness (QED) is 0.218. The van der Waals surface area contributed by atoms with Gasteiger partial charge in [-0.3, -0.25) is 0 Å². The molecular weight excluding hydrogens is 456 g/mol. The molecule has 2 aliphatic carbocycles. The maximum atomic E-state index is 6.85. The van der Waals surface area contributed by atoms with Crippen LogP contribution in [0.2, 0.25) is 5.02 Å². The van der Waals surface area contributed by atoms with Crippen molar-refractivity contribution in [1.82, 2.24) is 0 Å². The lowest BCUT2D eigenvalue weighted by Crippen LogP contribution is -2.25. The maximum absolute atomic E-state index is 6.85. The van der Waals surface area contributed by atoms with E-state index in [9.17, 15) is 0 Å². The first-order valence-corrected chi connectivity index (χ1v) is 11.1. The molecule has 7 rings (SSSR count). The highest BCUT2D eigenvalue weighted by molar-refractivity contribution is 9.10. The van der Waals surface area contributed by atoms with E-state index in [-0.39, 0.29) is 0 Å². The van der Waals surface area contributed by atoms with Crippen molar-refractivity contribution in [3.05, 3.63) is 117 Å². The van der Waals surface area contributed by atoms with E-state index in [4.69, 9.17) is 16.0 Å². The number of fused-ring (bicyclic) bond motifs is 12. The van der Waals surface area contributed by atoms with Crippen LogP contribution in [0.15, 0.2) is 93.8 Å². The summed E-state index contributed by atoms with van der Waals surface area (Å²) in [4.78, 5) is 0. The molecule has 1 nitrogen and oxygen atoms in total. The molecule has 3 heteroatoms. The van der Waals surface area contributed by atoms with Gasteiger partial charge in [0.2, 0.25) is 0 Å². The summed E-state index contributed by atoms with van der Waals surface area (Å²) in [5.74, 6) is 0.969. The third kappa shape index (κ3) is 1.77. The van der Waals surface area contributed by atoms with Gasteiger partial charge in [0.25, 0.3) is 0 Å². The molecule has 0 saturated heterocycles. The second-order valence-electron chi connectivity index (χ2n) is 7.92. The van der Waals surface area contributed by atoms with E-state index in [1.807, 2.05) is 18.2 Å². The second kappa shape index (κ2) is 5.66. The van der Waals surface area contributed by atoms with Gasteiger partial charge >= 0.3 is 0 Å². The Hall–Kier alpha value is -2.81. The summed E-state index contributed by atoms with van der Waals surface area (Å²) >= 11 is 10.7. The molecule has 4 aromatic carbocycles. The fourth-order valence-electron chi connectivity index (χ4n) is 5.59. The topological polar surface area (TPSA) is 13.1 Å². The molecular formula is C27H14BrClO. The Labute approximate surface area is 187 Å². The molecule has 30 heavy (non-hydrogen) atoms. The zero-order valence-electron chi connectivity index (χ0n) is 15.7. The van der Waals surface area contributed by atoms with Crippen molar-refractivity contribution in [1.29, 1.82) is 0 Å². The first kappa shape index (κ1) is 16.9. The average Bonchev–Trinajstić information content (AvgIpc) is 3.38. The zero-order valence-corrected chi connectivity index (χ0v) is 18.1. The molecule has 0 N–H and O–H groups in total. The third-order valence-corrected chi connectivity index (χ3v) is 7.60. The van der Waals surface area contributed by atoms with E-state index >= 15 is 0 Å². The van der Waals surface area contributed by atoms with Gasteiger partial charge in [-0.25, -0.2) is 0 Å². The lowest BCUT2D eigenvalue weighted by atomic mass is 9.73. The number of benzene rings is 4. The Balaban J connectivity index is 1.78. The predicted molar refractivity (Wildman–Crippen MR) is 125 cm³/mol. The summed E-state index contributed by atoms with van der Waals surface area (Å²) < 4.78 is 7.76. The lowest BCUT2D eigenvalue weighted by molar-refractivity contribution is 0.506. The Morgan fingerprint density at radius 3 is 2.27 bits per heavy atom. The lowest BCUT2D eigenvalue weighted by Gasteiger charge is -2.28. The molecule has 0 bridgehead atoms. The van der Waals surface area contributed by atoms with Crippen LogP contribution in [0, 0.1) is 0 Å². The Kier molecular flexibility index (Phi) is 3.19. The van der Waals surface area contributed by atoms with Crippen LogP contribution in [0.1, 0.15) is 22.5 Å². The first-order valence-electron chi connectivity index (χ1n) is 9.93. The van der Waals surface area contributed by atoms with E-state index in [0.29, 0.717) is 0 Å². The normalized spacial score (nSPS) is 17.8. The van der Waals surface area contributed by atoms with Gasteiger partial charge in [0.15, 0.2) is 0 Å². The number of para-hydroxylation sites is 1. The van der Waals surface area contributed by atoms with Crippen molar-refractivity contribution in [3.8, 4) is 22.3 Å². The van der Waals surface area contributed by atoms with E-state index in [1.165, 1.54) is 27.8 Å². The summed E-state index contributed by atoms with van der Waals surface area (Å²) in [5, 5.41) is 1.87. The summed E-state index contributed by atoms with van der Waals surface area (Å²) in [6.07, 6.45) is 0. The number of hydrogen-bond acceptors (Lipinski definition) is 1. The van der Waals surface area contributed by atoms with Gasteiger partial charge in [-0.15, -0.1) is 0 Å². The third-order valence-electron chi connectivity index (χ3n) is 6.62. The summed E-state index contributed by atoms with van der Waals surface area (Å²) in [5.41, 5.74) is 8.73. The fraction of sp³-hybridized carbons (Fsp3) is 0.0370. The van der Waals surface area contributed by atoms with Crippen LogP contribution in [0.4, 0.5) is 0 Å². The van der Waals surface area contributed by atoms with Gasteiger partial charge in [-0.1, -0.05) is 94.3 Å². The molecule has 5 aromatic rings. The van der Waals surface area contributed by atoms with E-state index < -0.39 is 5.41 Å². The summed E-state index contributed by atoms with van der Waals surface area (Å²) in [6.45, 7) is 0. The van der Waals surface area contributed by atoms with Gasteiger partial charge in [-0.05, 0) is 40.5 Å². The van der Waals surface area contributed by atoms with Crippen molar-refractivity contribution >= 4 is 38.5 Å². The van der Waals surface area contributed by atoms with Crippen molar-refractivity contribution < 1.29 is 4.42 Å². The molecule has 0 amide bonds. The minimum absolute atomic E-state index is 0.510. The van der Waals surface area contributed by atoms with E-state index in [1.54, 1.807) is 0 Å². The van der Waals surface area contributed by atoms with Gasteiger partial charge < -0.3 is 4.42 Å². The van der Waals surface area contributed by atoms with Crippen LogP contribution >= 0.6 is 27.5 Å². The standard InChI is InChI=1S/C27H14BrClO/c28-20-12-5-10-18-23(20)15-7-1-3-9-17(15)27(18)19-11-6-13-21(29)25(19)24-16-8-2-4-14-22(16)30-26(24)27/h1-14H. The SMILES string of the molecule is Clc1cccc2c1-c1c(oc3ccccc13)C21c2ccccc2-c2c(Br)cccc21. The van der Waals surface area contributed by atoms with E-state index in [2.05, 4.69) is 82.7 Å². The molecule has 0 radical (unpaired) electrons. The largest absolute Gasteiger partial charge is 0.459 e. The highest BCUT2D eigenvalue weighted by atomic mass is 79.9. The first-order chi connectivity index (χ1) is 14.7. The Morgan fingerprint density at radius 2 is 1.37 bits per heavy atom. The van der Waals surface area contributed by atoms with Crippen LogP contribution in [-0.4, -0.2) is 0 Å². The van der Waals surface area contributed by atoms with Crippen LogP contribution in [0.25, 0.3) is 33.2 Å². The minimum atomic E-state index is -0.510. The summed E-state index contributed by atoms with van der Waals surface area (Å²) in [7, 11) is 0. The van der Waals surface area contributed by atoms with Crippen molar-refractivity contribution in [3.63, 3.8) is 0 Å². The Morgan fingerprint density at radius 1 is 0.667 bits per heavy atom. The molecule has 1 atom stereocenters. The highest BCUT2D eigenvalue weighted by Gasteiger charge is 2.55. The smallest absolute Gasteiger partial charge is 0.135 e. The van der Waals surface area contributed by atoms with Crippen LogP contribution in [-0.2, 0) is 5.41 Å². The number of rotatable bonds is 0. The van der Waals surface area contributed by atoms with Gasteiger partial charge in [-0.2, -0.15) is 0 Å². The molecule has 1 spiro atoms. The van der Waals surface area contributed by atoms with Crippen molar-refractivity contribution in [2.45, 2.75) is 5.41 Å². The molecule has 0 saturated carbocycles. The number of hydrogen-bond donors (Lipinski definition) is 0. The second-order valence-corrected chi connectivity index (χ2v) is 9.18. The van der Waals surface area contributed by atoms with Gasteiger partial charge in [0.1, 0.15) is 16.8 Å². The minimum Gasteiger partial charge on any atom is -0.459 e. The molecule has 1 heterocycles. The molecule has 1 aromatic heterocycles. The molecule has 142 valence electrons. The highest BCUT2D eigenvalue weighted by Crippen LogP contribution is 2.66. The predicted octanol–water partition coefficient (Wildman–Crippen LogP) is 8.19. The average molecular weight is 470 g/mol. The molecule has 0 aliphatic heterocycles. The summed E-state index contributed by atoms with van der Waals surface area (Å²) in [6, 6.07) is 29.6. The number of furan rings is 1. The van der Waals surface area contributed by atoms with Crippen molar-refractivity contribution in [2.75, 3.05) is 0 Å². The Bertz CT molecular complexity index is 1530. The zero-order chi connectivity index (χ0) is 20.0. The fourth-order valence-corrected chi connectivity index (χ4v) is 6.44. The molecule has 2 aliphatic rings. The molecule has 1 unspecified atom stereocenters. The van der Waals surface area contributed by atoms with Gasteiger partial charge in [0.05, 0.1) is 0 Å². The molecule has 0 fully saturated rings. The van der Waals surface area contributed by atoms with Crippen molar-refractivity contribution in [2.24, 2.45) is 0 Å². The van der Waals surface area contributed by atoms with Crippen LogP contribution in [0.5, 0.6) is 0 Å². The van der Waals surface area contributed by atoms with Crippen LogP contribution < -0.4 is 0 Å². The van der Waals surface area contributed by atoms with Gasteiger partial charge in [0, 0.05) is 31.6 Å². The monoisotopic (exact) mass is 468 g/mol.